The lowest BCUT2D eigenvalue weighted by Gasteiger charge is -2.30. The third-order valence-corrected chi connectivity index (χ3v) is 9.20. The minimum Gasteiger partial charge on any atom is -0.756 e. The summed E-state index contributed by atoms with van der Waals surface area (Å²) in [5.41, 5.74) is 0. The van der Waals surface area contributed by atoms with Gasteiger partial charge in [-0.3, -0.25) is 9.36 Å². The van der Waals surface area contributed by atoms with Crippen LogP contribution >= 0.6 is 7.82 Å². The number of amides is 1. The molecule has 0 aromatic heterocycles. The largest absolute Gasteiger partial charge is 0.756 e. The average molecular weight is 661 g/mol. The Morgan fingerprint density at radius 3 is 1.82 bits per heavy atom. The number of phosphoric acid groups is 1. The molecule has 8 nitrogen and oxygen atoms in total. The zero-order chi connectivity index (χ0) is 33.7. The summed E-state index contributed by atoms with van der Waals surface area (Å²) in [6.07, 6.45) is 29.2. The van der Waals surface area contributed by atoms with Crippen LogP contribution in [-0.4, -0.2) is 68.5 Å². The van der Waals surface area contributed by atoms with E-state index in [2.05, 4.69) is 31.3 Å². The van der Waals surface area contributed by atoms with Gasteiger partial charge in [0.2, 0.25) is 5.91 Å². The van der Waals surface area contributed by atoms with Crippen LogP contribution in [0.3, 0.4) is 0 Å². The van der Waals surface area contributed by atoms with Gasteiger partial charge in [-0.2, -0.15) is 0 Å². The van der Waals surface area contributed by atoms with Crippen molar-refractivity contribution in [1.29, 1.82) is 0 Å². The Kier molecular flexibility index (Phi) is 28.9. The fourth-order valence-electron chi connectivity index (χ4n) is 5.22. The van der Waals surface area contributed by atoms with Gasteiger partial charge in [0.25, 0.3) is 7.82 Å². The number of likely N-dealkylation sites (N-methyl/N-ethyl adjacent to an activating group) is 1. The Labute approximate surface area is 278 Å². The van der Waals surface area contributed by atoms with Crippen molar-refractivity contribution in [3.05, 3.63) is 12.2 Å². The molecular formula is C36H73N2O6P. The van der Waals surface area contributed by atoms with Gasteiger partial charge in [0.1, 0.15) is 13.2 Å². The van der Waals surface area contributed by atoms with Crippen molar-refractivity contribution in [3.63, 3.8) is 0 Å². The third-order valence-electron chi connectivity index (χ3n) is 8.23. The molecule has 0 aromatic rings. The molecule has 0 rings (SSSR count). The van der Waals surface area contributed by atoms with E-state index in [1.165, 1.54) is 77.0 Å². The highest BCUT2D eigenvalue weighted by molar-refractivity contribution is 7.45. The number of nitrogens with zero attached hydrogens (tertiary/aromatic N) is 1. The first kappa shape index (κ1) is 44.2. The number of rotatable bonds is 33. The van der Waals surface area contributed by atoms with Crippen molar-refractivity contribution in [2.45, 2.75) is 174 Å². The van der Waals surface area contributed by atoms with E-state index in [9.17, 15) is 19.4 Å². The molecule has 0 bridgehead atoms. The summed E-state index contributed by atoms with van der Waals surface area (Å²) in [5, 5.41) is 13.8. The Hall–Kier alpha value is -0.760. The first-order valence-corrected chi connectivity index (χ1v) is 20.0. The predicted octanol–water partition coefficient (Wildman–Crippen LogP) is 8.61. The van der Waals surface area contributed by atoms with Gasteiger partial charge in [-0.25, -0.2) is 0 Å². The molecule has 0 aliphatic carbocycles. The smallest absolute Gasteiger partial charge is 0.268 e. The van der Waals surface area contributed by atoms with Crippen LogP contribution in [0.15, 0.2) is 12.2 Å². The van der Waals surface area contributed by atoms with E-state index >= 15 is 0 Å². The van der Waals surface area contributed by atoms with Crippen LogP contribution in [0.25, 0.3) is 0 Å². The second-order valence-electron chi connectivity index (χ2n) is 13.9. The number of carbonyl (C=O) groups excluding carboxylic acids is 1. The Morgan fingerprint density at radius 1 is 0.756 bits per heavy atom. The highest BCUT2D eigenvalue weighted by Gasteiger charge is 2.24. The fourth-order valence-corrected chi connectivity index (χ4v) is 5.94. The van der Waals surface area contributed by atoms with Crippen LogP contribution in [0.4, 0.5) is 0 Å². The van der Waals surface area contributed by atoms with E-state index in [1.54, 1.807) is 0 Å². The average Bonchev–Trinajstić information content (AvgIpc) is 2.97. The summed E-state index contributed by atoms with van der Waals surface area (Å²) < 4.78 is 23.1. The second kappa shape index (κ2) is 29.4. The summed E-state index contributed by atoms with van der Waals surface area (Å²) in [6, 6.07) is -0.797. The number of aliphatic hydroxyl groups is 1. The minimum absolute atomic E-state index is 0.0117. The van der Waals surface area contributed by atoms with Crippen LogP contribution in [0.2, 0.25) is 0 Å². The Balaban J connectivity index is 4.49. The van der Waals surface area contributed by atoms with E-state index in [0.29, 0.717) is 23.9 Å². The molecule has 1 amide bonds. The van der Waals surface area contributed by atoms with Crippen LogP contribution in [-0.2, 0) is 18.4 Å². The van der Waals surface area contributed by atoms with Gasteiger partial charge < -0.3 is 28.8 Å². The van der Waals surface area contributed by atoms with Gasteiger partial charge >= 0.3 is 0 Å². The molecule has 0 spiro atoms. The topological polar surface area (TPSA) is 108 Å². The Bertz CT molecular complexity index is 758. The lowest BCUT2D eigenvalue weighted by Crippen LogP contribution is -2.46. The first-order chi connectivity index (χ1) is 21.5. The molecule has 0 heterocycles. The van der Waals surface area contributed by atoms with Gasteiger partial charge in [0.15, 0.2) is 0 Å². The molecular weight excluding hydrogens is 587 g/mol. The maximum absolute atomic E-state index is 12.7. The van der Waals surface area contributed by atoms with E-state index < -0.39 is 20.0 Å². The minimum atomic E-state index is -4.55. The molecule has 9 heteroatoms. The number of aliphatic hydroxyl groups excluding tert-OH is 1. The van der Waals surface area contributed by atoms with E-state index in [1.807, 2.05) is 21.1 Å². The molecule has 3 unspecified atom stereocenters. The maximum atomic E-state index is 12.7. The van der Waals surface area contributed by atoms with Crippen LogP contribution in [0, 0.1) is 0 Å². The number of quaternary nitrogens is 1. The fraction of sp³-hybridized carbons (Fsp3) is 0.917. The number of nitrogens with one attached hydrogen (secondary N) is 1. The lowest BCUT2D eigenvalue weighted by atomic mass is 10.0. The van der Waals surface area contributed by atoms with Crippen molar-refractivity contribution >= 4 is 13.7 Å². The lowest BCUT2D eigenvalue weighted by molar-refractivity contribution is -0.870. The molecule has 0 aliphatic rings. The van der Waals surface area contributed by atoms with E-state index in [-0.39, 0.29) is 19.1 Å². The molecule has 0 saturated heterocycles. The molecule has 0 aromatic carbocycles. The van der Waals surface area contributed by atoms with Crippen molar-refractivity contribution < 1.29 is 32.9 Å². The van der Waals surface area contributed by atoms with Crippen molar-refractivity contribution in [1.82, 2.24) is 5.32 Å². The standard InChI is InChI=1S/C36H73N2O6P/c1-6-8-10-12-14-16-18-19-20-21-23-25-27-29-35(39)34(33-44-45(41,42)43-32-31-38(3,4)5)37-36(40)30-28-26-24-22-17-15-13-11-9-7-2/h11,13,34-35,39H,6-10,12,14-33H2,1-5H3,(H-,37,40,41,42)/b13-11-. The quantitative estimate of drug-likeness (QED) is 0.0316. The van der Waals surface area contributed by atoms with E-state index in [4.69, 9.17) is 9.05 Å². The van der Waals surface area contributed by atoms with Crippen molar-refractivity contribution in [2.24, 2.45) is 0 Å². The van der Waals surface area contributed by atoms with Crippen molar-refractivity contribution in [3.8, 4) is 0 Å². The second-order valence-corrected chi connectivity index (χ2v) is 15.3. The summed E-state index contributed by atoms with van der Waals surface area (Å²) >= 11 is 0. The zero-order valence-electron chi connectivity index (χ0n) is 30.1. The number of phosphoric ester groups is 1. The highest BCUT2D eigenvalue weighted by Crippen LogP contribution is 2.38. The number of hydrogen-bond acceptors (Lipinski definition) is 6. The molecule has 2 N–H and O–H groups in total. The van der Waals surface area contributed by atoms with Gasteiger partial charge in [0, 0.05) is 6.42 Å². The van der Waals surface area contributed by atoms with Crippen LogP contribution in [0.1, 0.15) is 162 Å². The van der Waals surface area contributed by atoms with E-state index in [0.717, 1.165) is 57.8 Å². The number of carbonyl (C=O) groups is 1. The summed E-state index contributed by atoms with van der Waals surface area (Å²) in [5.74, 6) is -0.179. The van der Waals surface area contributed by atoms with Crippen molar-refractivity contribution in [2.75, 3.05) is 40.9 Å². The molecule has 0 aliphatic heterocycles. The molecule has 0 fully saturated rings. The van der Waals surface area contributed by atoms with Gasteiger partial charge in [-0.15, -0.1) is 0 Å². The highest BCUT2D eigenvalue weighted by atomic mass is 31.2. The Morgan fingerprint density at radius 2 is 1.27 bits per heavy atom. The molecule has 3 atom stereocenters. The number of unbranched alkanes of at least 4 members (excludes halogenated alkanes) is 18. The monoisotopic (exact) mass is 661 g/mol. The molecule has 0 saturated carbocycles. The molecule has 0 radical (unpaired) electrons. The zero-order valence-corrected chi connectivity index (χ0v) is 31.0. The predicted molar refractivity (Wildman–Crippen MR) is 187 cm³/mol. The molecule has 45 heavy (non-hydrogen) atoms. The number of hydrogen-bond donors (Lipinski definition) is 2. The third kappa shape index (κ3) is 31.6. The summed E-state index contributed by atoms with van der Waals surface area (Å²) in [4.78, 5) is 25.1. The first-order valence-electron chi connectivity index (χ1n) is 18.5. The summed E-state index contributed by atoms with van der Waals surface area (Å²) in [7, 11) is 1.30. The summed E-state index contributed by atoms with van der Waals surface area (Å²) in [6.45, 7) is 4.62. The van der Waals surface area contributed by atoms with Gasteiger partial charge in [-0.1, -0.05) is 135 Å². The van der Waals surface area contributed by atoms with Crippen LogP contribution < -0.4 is 10.2 Å². The maximum Gasteiger partial charge on any atom is 0.268 e. The molecule has 268 valence electrons. The normalized spacial score (nSPS) is 14.9. The number of allylic oxidation sites excluding steroid dienone is 2. The van der Waals surface area contributed by atoms with Gasteiger partial charge in [-0.05, 0) is 32.1 Å². The van der Waals surface area contributed by atoms with Crippen LogP contribution in [0.5, 0.6) is 0 Å². The SMILES string of the molecule is CCC/C=C\CCCCCCCC(=O)NC(COP(=O)([O-])OCC[N+](C)(C)C)C(O)CCCCCCCCCCCCCCC. The van der Waals surface area contributed by atoms with Gasteiger partial charge in [0.05, 0.1) is 39.9 Å².